The van der Waals surface area contributed by atoms with Crippen LogP contribution in [0.5, 0.6) is 5.75 Å². The van der Waals surface area contributed by atoms with Crippen molar-refractivity contribution in [2.75, 3.05) is 23.5 Å². The Morgan fingerprint density at radius 2 is 1.73 bits per heavy atom. The lowest BCUT2D eigenvalue weighted by Gasteiger charge is -2.10. The predicted octanol–water partition coefficient (Wildman–Crippen LogP) is 3.22. The van der Waals surface area contributed by atoms with Crippen LogP contribution in [0.3, 0.4) is 0 Å². The minimum absolute atomic E-state index is 0.101. The Balaban J connectivity index is 1.58. The molecule has 0 spiro atoms. The highest BCUT2D eigenvalue weighted by atomic mass is 32.2. The van der Waals surface area contributed by atoms with Gasteiger partial charge < -0.3 is 19.9 Å². The quantitative estimate of drug-likeness (QED) is 0.511. The van der Waals surface area contributed by atoms with Gasteiger partial charge in [-0.2, -0.15) is 0 Å². The summed E-state index contributed by atoms with van der Waals surface area (Å²) in [6.07, 6.45) is 0.101. The summed E-state index contributed by atoms with van der Waals surface area (Å²) in [5.74, 6) is 0.956. The second-order valence-corrected chi connectivity index (χ2v) is 7.21. The van der Waals surface area contributed by atoms with Gasteiger partial charge in [0.1, 0.15) is 11.6 Å². The zero-order chi connectivity index (χ0) is 21.3. The zero-order valence-electron chi connectivity index (χ0n) is 16.8. The van der Waals surface area contributed by atoms with Crippen molar-refractivity contribution in [3.63, 3.8) is 0 Å². The number of aromatic nitrogens is 3. The maximum Gasteiger partial charge on any atom is 0.234 e. The van der Waals surface area contributed by atoms with Crippen molar-refractivity contribution in [3.05, 3.63) is 60.4 Å². The first kappa shape index (κ1) is 21.4. The van der Waals surface area contributed by atoms with Gasteiger partial charge in [0.25, 0.3) is 0 Å². The first-order valence-electron chi connectivity index (χ1n) is 9.43. The van der Waals surface area contributed by atoms with Gasteiger partial charge in [0.05, 0.1) is 25.0 Å². The third-order valence-electron chi connectivity index (χ3n) is 4.20. The highest BCUT2D eigenvalue weighted by molar-refractivity contribution is 7.99. The van der Waals surface area contributed by atoms with E-state index in [1.807, 2.05) is 54.0 Å². The van der Waals surface area contributed by atoms with Crippen LogP contribution in [0, 0.1) is 0 Å². The SMILES string of the molecule is CCn1c(CC(=O)Nc2ccccc2)nnc1SCC(=O)Nc1ccccc1OC. The summed E-state index contributed by atoms with van der Waals surface area (Å²) in [4.78, 5) is 24.6. The van der Waals surface area contributed by atoms with Crippen LogP contribution < -0.4 is 15.4 Å². The summed E-state index contributed by atoms with van der Waals surface area (Å²) in [6.45, 7) is 2.54. The number of benzene rings is 2. The summed E-state index contributed by atoms with van der Waals surface area (Å²) < 4.78 is 7.08. The van der Waals surface area contributed by atoms with E-state index in [9.17, 15) is 9.59 Å². The highest BCUT2D eigenvalue weighted by Gasteiger charge is 2.16. The van der Waals surface area contributed by atoms with Crippen molar-refractivity contribution in [2.24, 2.45) is 0 Å². The van der Waals surface area contributed by atoms with Crippen molar-refractivity contribution in [1.29, 1.82) is 0 Å². The third kappa shape index (κ3) is 5.60. The average molecular weight is 426 g/mol. The molecule has 0 aliphatic heterocycles. The van der Waals surface area contributed by atoms with Gasteiger partial charge in [0, 0.05) is 12.2 Å². The highest BCUT2D eigenvalue weighted by Crippen LogP contribution is 2.24. The second kappa shape index (κ2) is 10.4. The third-order valence-corrected chi connectivity index (χ3v) is 5.17. The van der Waals surface area contributed by atoms with Crippen molar-refractivity contribution < 1.29 is 14.3 Å². The molecule has 9 heteroatoms. The van der Waals surface area contributed by atoms with Gasteiger partial charge in [0.2, 0.25) is 11.8 Å². The number of para-hydroxylation sites is 3. The molecule has 3 aromatic rings. The summed E-state index contributed by atoms with van der Waals surface area (Å²) in [6, 6.07) is 16.5. The standard InChI is InChI=1S/C21H23N5O3S/c1-3-26-18(13-19(27)22-15-9-5-4-6-10-15)24-25-21(26)30-14-20(28)23-16-11-7-8-12-17(16)29-2/h4-12H,3,13-14H2,1-2H3,(H,22,27)(H,23,28). The number of rotatable bonds is 9. The Labute approximate surface area is 179 Å². The van der Waals surface area contributed by atoms with Gasteiger partial charge in [-0.3, -0.25) is 9.59 Å². The number of thioether (sulfide) groups is 1. The van der Waals surface area contributed by atoms with E-state index >= 15 is 0 Å². The zero-order valence-corrected chi connectivity index (χ0v) is 17.6. The fourth-order valence-electron chi connectivity index (χ4n) is 2.81. The first-order chi connectivity index (χ1) is 14.6. The topological polar surface area (TPSA) is 98.1 Å². The molecule has 156 valence electrons. The van der Waals surface area contributed by atoms with E-state index in [-0.39, 0.29) is 24.0 Å². The van der Waals surface area contributed by atoms with Crippen molar-refractivity contribution in [3.8, 4) is 5.75 Å². The number of ether oxygens (including phenoxy) is 1. The molecular weight excluding hydrogens is 402 g/mol. The van der Waals surface area contributed by atoms with E-state index < -0.39 is 0 Å². The van der Waals surface area contributed by atoms with Gasteiger partial charge in [-0.25, -0.2) is 0 Å². The lowest BCUT2D eigenvalue weighted by molar-refractivity contribution is -0.116. The van der Waals surface area contributed by atoms with Gasteiger partial charge >= 0.3 is 0 Å². The Morgan fingerprint density at radius 1 is 1.00 bits per heavy atom. The molecule has 0 bridgehead atoms. The van der Waals surface area contributed by atoms with E-state index in [2.05, 4.69) is 20.8 Å². The number of nitrogens with one attached hydrogen (secondary N) is 2. The number of carbonyl (C=O) groups is 2. The Bertz CT molecular complexity index is 1010. The minimum atomic E-state index is -0.182. The van der Waals surface area contributed by atoms with Gasteiger partial charge in [-0.1, -0.05) is 42.1 Å². The summed E-state index contributed by atoms with van der Waals surface area (Å²) in [5.41, 5.74) is 1.34. The predicted molar refractivity (Wildman–Crippen MR) is 117 cm³/mol. The molecule has 2 N–H and O–H groups in total. The van der Waals surface area contributed by atoms with E-state index in [0.29, 0.717) is 29.0 Å². The van der Waals surface area contributed by atoms with Gasteiger partial charge in [-0.05, 0) is 31.2 Å². The van der Waals surface area contributed by atoms with E-state index in [0.717, 1.165) is 5.69 Å². The van der Waals surface area contributed by atoms with Gasteiger partial charge in [0.15, 0.2) is 5.16 Å². The van der Waals surface area contributed by atoms with Crippen LogP contribution >= 0.6 is 11.8 Å². The molecule has 0 unspecified atom stereocenters. The van der Waals surface area contributed by atoms with Crippen molar-refractivity contribution in [2.45, 2.75) is 25.0 Å². The molecule has 0 atom stereocenters. The smallest absolute Gasteiger partial charge is 0.234 e. The van der Waals surface area contributed by atoms with Crippen LogP contribution in [-0.4, -0.2) is 39.4 Å². The number of hydrogen-bond donors (Lipinski definition) is 2. The van der Waals surface area contributed by atoms with Gasteiger partial charge in [-0.15, -0.1) is 10.2 Å². The number of nitrogens with zero attached hydrogens (tertiary/aromatic N) is 3. The minimum Gasteiger partial charge on any atom is -0.495 e. The van der Waals surface area contributed by atoms with Crippen LogP contribution in [0.15, 0.2) is 59.8 Å². The molecule has 1 aromatic heterocycles. The van der Waals surface area contributed by atoms with Crippen LogP contribution in [0.25, 0.3) is 0 Å². The molecule has 1 heterocycles. The van der Waals surface area contributed by atoms with Crippen LogP contribution in [-0.2, 0) is 22.6 Å². The Kier molecular flexibility index (Phi) is 7.45. The van der Waals surface area contributed by atoms with Crippen LogP contribution in [0.1, 0.15) is 12.7 Å². The Morgan fingerprint density at radius 3 is 2.47 bits per heavy atom. The summed E-state index contributed by atoms with van der Waals surface area (Å²) >= 11 is 1.27. The largest absolute Gasteiger partial charge is 0.495 e. The molecule has 8 nitrogen and oxygen atoms in total. The number of carbonyl (C=O) groups excluding carboxylic acids is 2. The molecule has 0 aliphatic rings. The molecule has 0 saturated carbocycles. The maximum atomic E-state index is 12.3. The molecule has 2 aromatic carbocycles. The van der Waals surface area contributed by atoms with Crippen molar-refractivity contribution >= 4 is 35.0 Å². The molecule has 0 radical (unpaired) electrons. The molecule has 3 rings (SSSR count). The molecule has 30 heavy (non-hydrogen) atoms. The maximum absolute atomic E-state index is 12.3. The average Bonchev–Trinajstić information content (AvgIpc) is 3.14. The number of methoxy groups -OCH3 is 1. The molecule has 0 fully saturated rings. The monoisotopic (exact) mass is 425 g/mol. The Hall–Kier alpha value is -3.33. The van der Waals surface area contributed by atoms with E-state index in [1.54, 1.807) is 19.2 Å². The van der Waals surface area contributed by atoms with Crippen LogP contribution in [0.2, 0.25) is 0 Å². The first-order valence-corrected chi connectivity index (χ1v) is 10.4. The summed E-state index contributed by atoms with van der Waals surface area (Å²) in [5, 5.41) is 14.5. The summed E-state index contributed by atoms with van der Waals surface area (Å²) in [7, 11) is 1.55. The lowest BCUT2D eigenvalue weighted by atomic mass is 10.3. The molecular formula is C21H23N5O3S. The number of hydrogen-bond acceptors (Lipinski definition) is 6. The van der Waals surface area contributed by atoms with Crippen molar-refractivity contribution in [1.82, 2.24) is 14.8 Å². The van der Waals surface area contributed by atoms with Crippen LogP contribution in [0.4, 0.5) is 11.4 Å². The molecule has 2 amide bonds. The number of anilines is 2. The second-order valence-electron chi connectivity index (χ2n) is 6.27. The van der Waals surface area contributed by atoms with E-state index in [4.69, 9.17) is 4.74 Å². The lowest BCUT2D eigenvalue weighted by Crippen LogP contribution is -2.18. The molecule has 0 saturated heterocycles. The molecule has 0 aliphatic carbocycles. The van der Waals surface area contributed by atoms with E-state index in [1.165, 1.54) is 11.8 Å². The fourth-order valence-corrected chi connectivity index (χ4v) is 3.63. The fraction of sp³-hybridized carbons (Fsp3) is 0.238. The number of amides is 2. The normalized spacial score (nSPS) is 10.5.